The van der Waals surface area contributed by atoms with Gasteiger partial charge in [-0.3, -0.25) is 4.98 Å². The number of hydrogen-bond donors (Lipinski definition) is 1. The predicted octanol–water partition coefficient (Wildman–Crippen LogP) is 1.91. The summed E-state index contributed by atoms with van der Waals surface area (Å²) in [4.78, 5) is 22.1. The van der Waals surface area contributed by atoms with Gasteiger partial charge in [0.05, 0.1) is 18.3 Å². The Hall–Kier alpha value is -1.88. The second-order valence-corrected chi connectivity index (χ2v) is 3.38. The molecule has 82 valence electrons. The molecule has 0 fully saturated rings. The summed E-state index contributed by atoms with van der Waals surface area (Å²) in [5.74, 6) is -0.0446. The number of pyridine rings is 1. The number of rotatable bonds is 2. The van der Waals surface area contributed by atoms with E-state index in [0.29, 0.717) is 16.5 Å². The van der Waals surface area contributed by atoms with E-state index in [1.54, 1.807) is 18.3 Å². The summed E-state index contributed by atoms with van der Waals surface area (Å²) in [5.41, 5.74) is 0.763. The van der Waals surface area contributed by atoms with Crippen molar-refractivity contribution in [2.24, 2.45) is 0 Å². The molecule has 0 aliphatic carbocycles. The van der Waals surface area contributed by atoms with Crippen LogP contribution in [-0.2, 0) is 4.74 Å². The lowest BCUT2D eigenvalue weighted by Gasteiger charge is -1.98. The van der Waals surface area contributed by atoms with Crippen molar-refractivity contribution in [3.63, 3.8) is 0 Å². The Morgan fingerprint density at radius 2 is 2.31 bits per heavy atom. The van der Waals surface area contributed by atoms with Gasteiger partial charge in [-0.2, -0.15) is 0 Å². The highest BCUT2D eigenvalue weighted by Gasteiger charge is 2.12. The van der Waals surface area contributed by atoms with Crippen LogP contribution in [-0.4, -0.2) is 28.0 Å². The maximum Gasteiger partial charge on any atom is 0.356 e. The Morgan fingerprint density at radius 3 is 3.00 bits per heavy atom. The molecule has 6 heteroatoms. The summed E-state index contributed by atoms with van der Waals surface area (Å²) >= 11 is 5.94. The third kappa shape index (κ3) is 1.90. The van der Waals surface area contributed by atoms with Crippen molar-refractivity contribution in [3.8, 4) is 11.5 Å². The van der Waals surface area contributed by atoms with Gasteiger partial charge < -0.3 is 9.72 Å². The van der Waals surface area contributed by atoms with Crippen LogP contribution in [0.3, 0.4) is 0 Å². The standard InChI is InChI=1S/C10H8ClN3O2/c1-16-10(15)7-5-13-9(14-7)8-6(11)3-2-4-12-8/h2-5H,1H3,(H,13,14). The highest BCUT2D eigenvalue weighted by molar-refractivity contribution is 6.32. The Morgan fingerprint density at radius 1 is 1.50 bits per heavy atom. The van der Waals surface area contributed by atoms with Crippen molar-refractivity contribution in [1.29, 1.82) is 0 Å². The predicted molar refractivity (Wildman–Crippen MR) is 58.2 cm³/mol. The first kappa shape index (κ1) is 10.6. The number of ether oxygens (including phenoxy) is 1. The van der Waals surface area contributed by atoms with Gasteiger partial charge >= 0.3 is 5.97 Å². The van der Waals surface area contributed by atoms with Crippen LogP contribution in [0, 0.1) is 0 Å². The monoisotopic (exact) mass is 237 g/mol. The Kier molecular flexibility index (Phi) is 2.87. The highest BCUT2D eigenvalue weighted by atomic mass is 35.5. The molecule has 2 aromatic rings. The zero-order valence-electron chi connectivity index (χ0n) is 8.40. The molecule has 0 aliphatic heterocycles. The number of H-pyrrole nitrogens is 1. The zero-order valence-corrected chi connectivity index (χ0v) is 9.15. The molecule has 0 saturated carbocycles. The van der Waals surface area contributed by atoms with Gasteiger partial charge in [0.15, 0.2) is 5.82 Å². The molecule has 0 amide bonds. The molecule has 0 aliphatic rings. The van der Waals surface area contributed by atoms with E-state index in [9.17, 15) is 4.79 Å². The summed E-state index contributed by atoms with van der Waals surface area (Å²) < 4.78 is 4.55. The molecule has 1 N–H and O–H groups in total. The minimum atomic E-state index is -0.481. The summed E-state index contributed by atoms with van der Waals surface area (Å²) in [6.45, 7) is 0. The lowest BCUT2D eigenvalue weighted by molar-refractivity contribution is 0.0595. The van der Waals surface area contributed by atoms with E-state index in [2.05, 4.69) is 19.7 Å². The van der Waals surface area contributed by atoms with Crippen LogP contribution in [0.2, 0.25) is 5.02 Å². The van der Waals surface area contributed by atoms with Crippen molar-refractivity contribution in [2.75, 3.05) is 7.11 Å². The van der Waals surface area contributed by atoms with Crippen LogP contribution in [0.15, 0.2) is 24.5 Å². The van der Waals surface area contributed by atoms with Crippen molar-refractivity contribution in [2.45, 2.75) is 0 Å². The summed E-state index contributed by atoms with van der Waals surface area (Å²) in [5, 5.41) is 0.466. The molecule has 2 aromatic heterocycles. The van der Waals surface area contributed by atoms with E-state index < -0.39 is 5.97 Å². The third-order valence-electron chi connectivity index (χ3n) is 1.96. The first-order valence-electron chi connectivity index (χ1n) is 4.46. The molecule has 16 heavy (non-hydrogen) atoms. The average molecular weight is 238 g/mol. The Balaban J connectivity index is 2.39. The number of halogens is 1. The van der Waals surface area contributed by atoms with Crippen molar-refractivity contribution >= 4 is 17.6 Å². The summed E-state index contributed by atoms with van der Waals surface area (Å²) in [6.07, 6.45) is 2.98. The number of esters is 1. The molecular formula is C10H8ClN3O2. The minimum absolute atomic E-state index is 0.263. The first-order valence-corrected chi connectivity index (χ1v) is 4.84. The highest BCUT2D eigenvalue weighted by Crippen LogP contribution is 2.22. The second kappa shape index (κ2) is 4.32. The van der Waals surface area contributed by atoms with E-state index in [-0.39, 0.29) is 5.69 Å². The number of nitrogens with zero attached hydrogens (tertiary/aromatic N) is 2. The average Bonchev–Trinajstić information content (AvgIpc) is 2.78. The van der Waals surface area contributed by atoms with Gasteiger partial charge in [-0.25, -0.2) is 9.78 Å². The van der Waals surface area contributed by atoms with Crippen LogP contribution in [0.25, 0.3) is 11.5 Å². The topological polar surface area (TPSA) is 67.9 Å². The molecule has 0 atom stereocenters. The lowest BCUT2D eigenvalue weighted by Crippen LogP contribution is -2.01. The molecule has 2 rings (SSSR count). The zero-order chi connectivity index (χ0) is 11.5. The fourth-order valence-electron chi connectivity index (χ4n) is 1.22. The van der Waals surface area contributed by atoms with E-state index >= 15 is 0 Å². The van der Waals surface area contributed by atoms with Gasteiger partial charge in [0, 0.05) is 6.20 Å². The number of aromatic nitrogens is 3. The van der Waals surface area contributed by atoms with Crippen molar-refractivity contribution < 1.29 is 9.53 Å². The van der Waals surface area contributed by atoms with Crippen LogP contribution in [0.5, 0.6) is 0 Å². The second-order valence-electron chi connectivity index (χ2n) is 2.97. The van der Waals surface area contributed by atoms with Crippen molar-refractivity contribution in [3.05, 3.63) is 35.2 Å². The van der Waals surface area contributed by atoms with Crippen LogP contribution >= 0.6 is 11.6 Å². The normalized spacial score (nSPS) is 10.1. The van der Waals surface area contributed by atoms with Crippen LogP contribution in [0.1, 0.15) is 10.5 Å². The molecule has 0 unspecified atom stereocenters. The molecule has 0 bridgehead atoms. The SMILES string of the molecule is COC(=O)c1cnc(-c2ncccc2Cl)[nH]1. The summed E-state index contributed by atoms with van der Waals surface area (Å²) in [7, 11) is 1.30. The minimum Gasteiger partial charge on any atom is -0.464 e. The van der Waals surface area contributed by atoms with E-state index in [1.165, 1.54) is 13.3 Å². The van der Waals surface area contributed by atoms with Crippen LogP contribution < -0.4 is 0 Å². The van der Waals surface area contributed by atoms with E-state index in [0.717, 1.165) is 0 Å². The number of imidazole rings is 1. The smallest absolute Gasteiger partial charge is 0.356 e. The molecule has 0 spiro atoms. The lowest BCUT2D eigenvalue weighted by atomic mass is 10.3. The number of hydrogen-bond acceptors (Lipinski definition) is 4. The molecule has 5 nitrogen and oxygen atoms in total. The number of nitrogens with one attached hydrogen (secondary N) is 1. The number of carbonyl (C=O) groups excluding carboxylic acids is 1. The third-order valence-corrected chi connectivity index (χ3v) is 2.27. The fourth-order valence-corrected chi connectivity index (χ4v) is 1.43. The van der Waals surface area contributed by atoms with Gasteiger partial charge in [-0.15, -0.1) is 0 Å². The Labute approximate surface area is 96.4 Å². The van der Waals surface area contributed by atoms with Crippen molar-refractivity contribution in [1.82, 2.24) is 15.0 Å². The fraction of sp³-hybridized carbons (Fsp3) is 0.100. The molecule has 0 radical (unpaired) electrons. The molecule has 2 heterocycles. The first-order chi connectivity index (χ1) is 7.72. The van der Waals surface area contributed by atoms with Gasteiger partial charge in [0.2, 0.25) is 0 Å². The largest absolute Gasteiger partial charge is 0.464 e. The Bertz CT molecular complexity index is 524. The quantitative estimate of drug-likeness (QED) is 0.811. The maximum absolute atomic E-state index is 11.2. The van der Waals surface area contributed by atoms with E-state index in [1.807, 2.05) is 0 Å². The van der Waals surface area contributed by atoms with Gasteiger partial charge in [0.25, 0.3) is 0 Å². The maximum atomic E-state index is 11.2. The molecule has 0 aromatic carbocycles. The number of carbonyl (C=O) groups is 1. The van der Waals surface area contributed by atoms with Crippen LogP contribution in [0.4, 0.5) is 0 Å². The number of methoxy groups -OCH3 is 1. The molecule has 0 saturated heterocycles. The van der Waals surface area contributed by atoms with Gasteiger partial charge in [-0.1, -0.05) is 11.6 Å². The van der Waals surface area contributed by atoms with E-state index in [4.69, 9.17) is 11.6 Å². The molecular weight excluding hydrogens is 230 g/mol. The van der Waals surface area contributed by atoms with Gasteiger partial charge in [0.1, 0.15) is 11.4 Å². The summed E-state index contributed by atoms with van der Waals surface area (Å²) in [6, 6.07) is 3.42. The number of aromatic amines is 1. The van der Waals surface area contributed by atoms with Gasteiger partial charge in [-0.05, 0) is 12.1 Å².